The van der Waals surface area contributed by atoms with E-state index in [0.29, 0.717) is 22.3 Å². The van der Waals surface area contributed by atoms with Gasteiger partial charge >= 0.3 is 0 Å². The number of fused-ring (bicyclic) bond motifs is 9. The van der Waals surface area contributed by atoms with Gasteiger partial charge in [-0.2, -0.15) is 10.5 Å². The Balaban J connectivity index is 1.37. The highest BCUT2D eigenvalue weighted by atomic mass is 32.1. The molecule has 0 radical (unpaired) electrons. The van der Waals surface area contributed by atoms with Gasteiger partial charge in [0.15, 0.2) is 11.2 Å². The Morgan fingerprint density at radius 2 is 1.35 bits per heavy atom. The highest BCUT2D eigenvalue weighted by Crippen LogP contribution is 2.43. The van der Waals surface area contributed by atoms with Crippen LogP contribution in [-0.2, 0) is 0 Å². The van der Waals surface area contributed by atoms with Crippen LogP contribution in [0.25, 0.3) is 80.7 Å². The predicted molar refractivity (Wildman–Crippen MR) is 176 cm³/mol. The van der Waals surface area contributed by atoms with E-state index in [1.807, 2.05) is 48.5 Å². The topological polar surface area (TPSA) is 65.7 Å². The van der Waals surface area contributed by atoms with Crippen LogP contribution in [0.1, 0.15) is 11.1 Å². The largest absolute Gasteiger partial charge is 0.452 e. The average molecular weight is 566 g/mol. The lowest BCUT2D eigenvalue weighted by Gasteiger charge is -2.08. The summed E-state index contributed by atoms with van der Waals surface area (Å²) >= 11 is 1.79. The summed E-state index contributed by atoms with van der Waals surface area (Å²) in [4.78, 5) is 0. The minimum Gasteiger partial charge on any atom is -0.452 e. The molecule has 0 amide bonds. The molecule has 0 N–H and O–H groups in total. The van der Waals surface area contributed by atoms with Gasteiger partial charge in [0.25, 0.3) is 0 Å². The van der Waals surface area contributed by atoms with E-state index in [-0.39, 0.29) is 0 Å². The molecule has 6 aromatic carbocycles. The van der Waals surface area contributed by atoms with Crippen molar-refractivity contribution in [1.29, 1.82) is 10.5 Å². The van der Waals surface area contributed by atoms with Gasteiger partial charge in [0, 0.05) is 41.7 Å². The van der Waals surface area contributed by atoms with Gasteiger partial charge in [-0.3, -0.25) is 0 Å². The molecule has 0 spiro atoms. The standard InChI is InChI=1S/C38H19N3OS/c39-20-22-15-16-27-26-7-1-3-11-31(26)41(33(27)17-22)32-12-5-10-28-30-19-23(18-24(21-40)37(30)42-38(28)32)25-9-6-14-35-36(25)29-8-2-4-13-34(29)43-35/h1-19H. The van der Waals surface area contributed by atoms with Gasteiger partial charge in [-0.1, -0.05) is 66.7 Å². The Labute approximate surface area is 249 Å². The molecule has 3 aromatic heterocycles. The number of nitrogens with zero attached hydrogens (tertiary/aromatic N) is 3. The molecule has 0 aliphatic heterocycles. The number of hydrogen-bond acceptors (Lipinski definition) is 4. The van der Waals surface area contributed by atoms with Crippen LogP contribution in [0, 0.1) is 22.7 Å². The van der Waals surface area contributed by atoms with Gasteiger partial charge < -0.3 is 8.98 Å². The first-order chi connectivity index (χ1) is 21.2. The van der Waals surface area contributed by atoms with Gasteiger partial charge in [-0.25, -0.2) is 0 Å². The molecule has 0 aliphatic rings. The maximum absolute atomic E-state index is 10.3. The fraction of sp³-hybridized carbons (Fsp3) is 0. The molecule has 0 fully saturated rings. The van der Waals surface area contributed by atoms with Crippen molar-refractivity contribution in [2.75, 3.05) is 0 Å². The zero-order valence-electron chi connectivity index (χ0n) is 22.6. The lowest BCUT2D eigenvalue weighted by molar-refractivity contribution is 0.665. The van der Waals surface area contributed by atoms with Crippen molar-refractivity contribution in [3.05, 3.63) is 126 Å². The number of aromatic nitrogens is 1. The Morgan fingerprint density at radius 1 is 0.581 bits per heavy atom. The van der Waals surface area contributed by atoms with Crippen molar-refractivity contribution in [3.8, 4) is 29.0 Å². The SMILES string of the molecule is N#Cc1ccc2c3ccccc3n(-c3cccc4c3oc3c(C#N)cc(-c5cccc6sc7ccccc7c56)cc34)c2c1. The molecule has 3 heterocycles. The molecule has 9 rings (SSSR count). The molecule has 0 atom stereocenters. The summed E-state index contributed by atoms with van der Waals surface area (Å²) in [5, 5.41) is 26.5. The highest BCUT2D eigenvalue weighted by Gasteiger charge is 2.21. The van der Waals surface area contributed by atoms with Crippen LogP contribution < -0.4 is 0 Å². The maximum Gasteiger partial charge on any atom is 0.159 e. The van der Waals surface area contributed by atoms with Gasteiger partial charge in [-0.15, -0.1) is 11.3 Å². The van der Waals surface area contributed by atoms with Crippen LogP contribution in [0.5, 0.6) is 0 Å². The van der Waals surface area contributed by atoms with Crippen molar-refractivity contribution >= 4 is 75.3 Å². The van der Waals surface area contributed by atoms with Crippen molar-refractivity contribution in [2.24, 2.45) is 0 Å². The van der Waals surface area contributed by atoms with Crippen LogP contribution in [0.3, 0.4) is 0 Å². The van der Waals surface area contributed by atoms with Gasteiger partial charge in [0.2, 0.25) is 0 Å². The number of thiophene rings is 1. The molecule has 198 valence electrons. The zero-order valence-corrected chi connectivity index (χ0v) is 23.4. The lowest BCUT2D eigenvalue weighted by Crippen LogP contribution is -1.94. The van der Waals surface area contributed by atoms with E-state index in [9.17, 15) is 10.5 Å². The summed E-state index contributed by atoms with van der Waals surface area (Å²) in [5.74, 6) is 0. The van der Waals surface area contributed by atoms with Gasteiger partial charge in [0.1, 0.15) is 6.07 Å². The first kappa shape index (κ1) is 23.8. The van der Waals surface area contributed by atoms with Crippen LogP contribution in [0.2, 0.25) is 0 Å². The molecule has 4 nitrogen and oxygen atoms in total. The summed E-state index contributed by atoms with van der Waals surface area (Å²) < 4.78 is 11.2. The predicted octanol–water partition coefficient (Wildman–Crippen LogP) is 10.5. The lowest BCUT2D eigenvalue weighted by atomic mass is 9.96. The summed E-state index contributed by atoms with van der Waals surface area (Å²) in [6, 6.07) is 43.9. The van der Waals surface area contributed by atoms with E-state index in [1.54, 1.807) is 11.3 Å². The Kier molecular flexibility index (Phi) is 4.87. The molecule has 9 aromatic rings. The second-order valence-electron chi connectivity index (χ2n) is 10.7. The van der Waals surface area contributed by atoms with E-state index in [0.717, 1.165) is 49.4 Å². The number of rotatable bonds is 2. The Hall–Kier alpha value is -5.88. The second-order valence-corrected chi connectivity index (χ2v) is 11.8. The number of nitriles is 2. The van der Waals surface area contributed by atoms with Gasteiger partial charge in [0.05, 0.1) is 33.9 Å². The van der Waals surface area contributed by atoms with E-state index in [4.69, 9.17) is 4.42 Å². The molecule has 0 saturated heterocycles. The van der Waals surface area contributed by atoms with Crippen LogP contribution in [0.15, 0.2) is 120 Å². The van der Waals surface area contributed by atoms with E-state index in [1.165, 1.54) is 20.2 Å². The molecule has 0 bridgehead atoms. The van der Waals surface area contributed by atoms with E-state index < -0.39 is 0 Å². The number of benzene rings is 6. The molecule has 0 saturated carbocycles. The van der Waals surface area contributed by atoms with Gasteiger partial charge in [-0.05, 0) is 59.7 Å². The normalized spacial score (nSPS) is 11.7. The third-order valence-corrected chi connectivity index (χ3v) is 9.59. The first-order valence-corrected chi connectivity index (χ1v) is 14.8. The average Bonchev–Trinajstić information content (AvgIpc) is 3.73. The highest BCUT2D eigenvalue weighted by molar-refractivity contribution is 7.25. The molecule has 5 heteroatoms. The van der Waals surface area contributed by atoms with Crippen LogP contribution in [0.4, 0.5) is 0 Å². The maximum atomic E-state index is 10.3. The number of furan rings is 1. The fourth-order valence-corrected chi connectivity index (χ4v) is 7.75. The molecule has 0 aliphatic carbocycles. The van der Waals surface area contributed by atoms with Crippen molar-refractivity contribution in [3.63, 3.8) is 0 Å². The van der Waals surface area contributed by atoms with E-state index in [2.05, 4.69) is 83.4 Å². The third-order valence-electron chi connectivity index (χ3n) is 8.46. The summed E-state index contributed by atoms with van der Waals surface area (Å²) in [6.45, 7) is 0. The van der Waals surface area contributed by atoms with Crippen LogP contribution >= 0.6 is 11.3 Å². The first-order valence-electron chi connectivity index (χ1n) is 14.0. The quantitative estimate of drug-likeness (QED) is 0.209. The van der Waals surface area contributed by atoms with Crippen LogP contribution in [-0.4, -0.2) is 4.57 Å². The minimum atomic E-state index is 0.500. The van der Waals surface area contributed by atoms with Crippen molar-refractivity contribution < 1.29 is 4.42 Å². The zero-order chi connectivity index (χ0) is 28.7. The monoisotopic (exact) mass is 565 g/mol. The Morgan fingerprint density at radius 3 is 2.23 bits per heavy atom. The third kappa shape index (κ3) is 3.29. The van der Waals surface area contributed by atoms with Crippen molar-refractivity contribution in [2.45, 2.75) is 0 Å². The smallest absolute Gasteiger partial charge is 0.159 e. The number of hydrogen-bond donors (Lipinski definition) is 0. The van der Waals surface area contributed by atoms with Crippen molar-refractivity contribution in [1.82, 2.24) is 4.57 Å². The molecular formula is C38H19N3OS. The fourth-order valence-electron chi connectivity index (χ4n) is 6.61. The summed E-state index contributed by atoms with van der Waals surface area (Å²) in [7, 11) is 0. The Bertz CT molecular complexity index is 2710. The minimum absolute atomic E-state index is 0.500. The summed E-state index contributed by atoms with van der Waals surface area (Å²) in [6.07, 6.45) is 0. The second kappa shape index (κ2) is 8.81. The van der Waals surface area contributed by atoms with E-state index >= 15 is 0 Å². The molecule has 0 unspecified atom stereocenters. The molecule has 43 heavy (non-hydrogen) atoms. The molecular weight excluding hydrogens is 547 g/mol. The summed E-state index contributed by atoms with van der Waals surface area (Å²) in [5.41, 5.74) is 7.30. The number of para-hydroxylation sites is 2.